The van der Waals surface area contributed by atoms with Crippen molar-refractivity contribution in [2.45, 2.75) is 77.6 Å². The van der Waals surface area contributed by atoms with E-state index in [1.807, 2.05) is 0 Å². The summed E-state index contributed by atoms with van der Waals surface area (Å²) in [5.41, 5.74) is 1.28. The molecule has 1 heteroatoms. The van der Waals surface area contributed by atoms with Crippen molar-refractivity contribution in [1.82, 2.24) is 0 Å². The molecule has 0 saturated carbocycles. The predicted molar refractivity (Wildman–Crippen MR) is 69.6 cm³/mol. The molecule has 16 heavy (non-hydrogen) atoms. The third-order valence-corrected chi connectivity index (χ3v) is 3.38. The lowest BCUT2D eigenvalue weighted by atomic mass is 10.0. The summed E-state index contributed by atoms with van der Waals surface area (Å²) in [7, 11) is 0. The molecule has 92 valence electrons. The van der Waals surface area contributed by atoms with Crippen LogP contribution in [-0.2, 0) is 4.79 Å². The number of hydrogen-bond donors (Lipinski definition) is 0. The van der Waals surface area contributed by atoms with Gasteiger partial charge in [0, 0.05) is 12.8 Å². The van der Waals surface area contributed by atoms with Gasteiger partial charge in [-0.2, -0.15) is 0 Å². The SMILES string of the molecule is C/C1=C/CCCCCCCCCCC(=O)C1. The molecular weight excluding hydrogens is 196 g/mol. The van der Waals surface area contributed by atoms with E-state index in [0.717, 1.165) is 12.8 Å². The first kappa shape index (κ1) is 13.5. The van der Waals surface area contributed by atoms with E-state index in [9.17, 15) is 4.79 Å². The minimum atomic E-state index is 0.436. The van der Waals surface area contributed by atoms with Crippen LogP contribution in [0.4, 0.5) is 0 Å². The van der Waals surface area contributed by atoms with Crippen LogP contribution in [0.25, 0.3) is 0 Å². The first-order valence-corrected chi connectivity index (χ1v) is 6.96. The molecule has 1 aliphatic rings. The monoisotopic (exact) mass is 222 g/mol. The summed E-state index contributed by atoms with van der Waals surface area (Å²) in [6, 6.07) is 0. The smallest absolute Gasteiger partial charge is 0.136 e. The van der Waals surface area contributed by atoms with E-state index < -0.39 is 0 Å². The highest BCUT2D eigenvalue weighted by molar-refractivity contribution is 5.80. The Labute approximate surface area is 100 Å². The molecule has 0 aromatic rings. The van der Waals surface area contributed by atoms with Gasteiger partial charge < -0.3 is 0 Å². The van der Waals surface area contributed by atoms with Crippen LogP contribution in [0.1, 0.15) is 77.6 Å². The molecule has 0 aromatic carbocycles. The van der Waals surface area contributed by atoms with Crippen LogP contribution in [0, 0.1) is 0 Å². The fourth-order valence-corrected chi connectivity index (χ4v) is 2.35. The van der Waals surface area contributed by atoms with Gasteiger partial charge in [-0.05, 0) is 26.2 Å². The lowest BCUT2D eigenvalue weighted by molar-refractivity contribution is -0.118. The zero-order chi connectivity index (χ0) is 11.6. The lowest BCUT2D eigenvalue weighted by Gasteiger charge is -2.05. The fraction of sp³-hybridized carbons (Fsp3) is 0.800. The van der Waals surface area contributed by atoms with Crippen LogP contribution in [0.3, 0.4) is 0 Å². The molecule has 0 radical (unpaired) electrons. The maximum atomic E-state index is 11.6. The van der Waals surface area contributed by atoms with Crippen LogP contribution < -0.4 is 0 Å². The van der Waals surface area contributed by atoms with Crippen LogP contribution >= 0.6 is 0 Å². The Kier molecular flexibility index (Phi) is 7.20. The Balaban J connectivity index is 2.34. The van der Waals surface area contributed by atoms with Crippen molar-refractivity contribution in [3.05, 3.63) is 11.6 Å². The van der Waals surface area contributed by atoms with E-state index in [1.54, 1.807) is 0 Å². The van der Waals surface area contributed by atoms with E-state index in [2.05, 4.69) is 13.0 Å². The number of ketones is 1. The molecule has 0 aliphatic heterocycles. The average Bonchev–Trinajstić information content (AvgIpc) is 2.25. The molecule has 1 aliphatic carbocycles. The summed E-state index contributed by atoms with van der Waals surface area (Å²) in [5, 5.41) is 0. The predicted octanol–water partition coefficient (Wildman–Crippen LogP) is 4.81. The van der Waals surface area contributed by atoms with E-state index >= 15 is 0 Å². The topological polar surface area (TPSA) is 17.1 Å². The van der Waals surface area contributed by atoms with Crippen molar-refractivity contribution >= 4 is 5.78 Å². The fourth-order valence-electron chi connectivity index (χ4n) is 2.35. The van der Waals surface area contributed by atoms with E-state index in [0.29, 0.717) is 12.2 Å². The van der Waals surface area contributed by atoms with Gasteiger partial charge >= 0.3 is 0 Å². The highest BCUT2D eigenvalue weighted by atomic mass is 16.1. The third kappa shape index (κ3) is 6.81. The number of carbonyl (C=O) groups excluding carboxylic acids is 1. The minimum Gasteiger partial charge on any atom is -0.299 e. The molecule has 0 heterocycles. The van der Waals surface area contributed by atoms with Gasteiger partial charge in [-0.3, -0.25) is 4.79 Å². The van der Waals surface area contributed by atoms with E-state index in [4.69, 9.17) is 0 Å². The van der Waals surface area contributed by atoms with E-state index in [1.165, 1.54) is 56.9 Å². The van der Waals surface area contributed by atoms with Gasteiger partial charge in [0.1, 0.15) is 5.78 Å². The molecule has 0 N–H and O–H groups in total. The molecule has 0 bridgehead atoms. The number of carbonyl (C=O) groups is 1. The summed E-state index contributed by atoms with van der Waals surface area (Å²) >= 11 is 0. The van der Waals surface area contributed by atoms with Crippen LogP contribution in [0.15, 0.2) is 11.6 Å². The van der Waals surface area contributed by atoms with Gasteiger partial charge in [0.25, 0.3) is 0 Å². The van der Waals surface area contributed by atoms with Crippen molar-refractivity contribution < 1.29 is 4.79 Å². The Bertz CT molecular complexity index is 228. The summed E-state index contributed by atoms with van der Waals surface area (Å²) in [6.07, 6.45) is 15.4. The number of allylic oxidation sites excluding steroid dienone is 2. The quantitative estimate of drug-likeness (QED) is 0.538. The molecule has 0 spiro atoms. The van der Waals surface area contributed by atoms with E-state index in [-0.39, 0.29) is 0 Å². The van der Waals surface area contributed by atoms with Crippen molar-refractivity contribution in [1.29, 1.82) is 0 Å². The molecule has 0 atom stereocenters. The van der Waals surface area contributed by atoms with Crippen LogP contribution in [0.2, 0.25) is 0 Å². The Hall–Kier alpha value is -0.590. The summed E-state index contributed by atoms with van der Waals surface area (Å²) in [5.74, 6) is 0.436. The number of rotatable bonds is 0. The van der Waals surface area contributed by atoms with Gasteiger partial charge in [-0.15, -0.1) is 0 Å². The standard InChI is InChI=1S/C15H26O/c1-14-11-9-7-5-3-2-4-6-8-10-12-15(16)13-14/h11H,2-10,12-13H2,1H3/b14-11-. The molecule has 0 fully saturated rings. The van der Waals surface area contributed by atoms with Gasteiger partial charge in [-0.25, -0.2) is 0 Å². The summed E-state index contributed by atoms with van der Waals surface area (Å²) in [4.78, 5) is 11.6. The minimum absolute atomic E-state index is 0.436. The third-order valence-electron chi connectivity index (χ3n) is 3.38. The molecule has 1 nitrogen and oxygen atoms in total. The zero-order valence-corrected chi connectivity index (χ0v) is 10.8. The first-order chi connectivity index (χ1) is 7.79. The molecular formula is C15H26O. The average molecular weight is 222 g/mol. The Morgan fingerprint density at radius 2 is 1.44 bits per heavy atom. The van der Waals surface area contributed by atoms with Crippen molar-refractivity contribution in [3.63, 3.8) is 0 Å². The van der Waals surface area contributed by atoms with Gasteiger partial charge in [0.05, 0.1) is 0 Å². The van der Waals surface area contributed by atoms with Crippen molar-refractivity contribution in [2.75, 3.05) is 0 Å². The van der Waals surface area contributed by atoms with Crippen LogP contribution in [-0.4, -0.2) is 5.78 Å². The second-order valence-corrected chi connectivity index (χ2v) is 5.13. The lowest BCUT2D eigenvalue weighted by Crippen LogP contribution is -1.98. The summed E-state index contributed by atoms with van der Waals surface area (Å²) in [6.45, 7) is 2.10. The largest absolute Gasteiger partial charge is 0.299 e. The molecule has 0 saturated heterocycles. The van der Waals surface area contributed by atoms with Gasteiger partial charge in [-0.1, -0.05) is 50.2 Å². The van der Waals surface area contributed by atoms with Crippen molar-refractivity contribution in [3.8, 4) is 0 Å². The molecule has 0 unspecified atom stereocenters. The number of Topliss-reactive ketones (excluding diaryl/α,β-unsaturated/α-hetero) is 1. The Morgan fingerprint density at radius 1 is 0.875 bits per heavy atom. The maximum absolute atomic E-state index is 11.6. The highest BCUT2D eigenvalue weighted by Gasteiger charge is 2.03. The zero-order valence-electron chi connectivity index (χ0n) is 10.8. The summed E-state index contributed by atoms with van der Waals surface area (Å²) < 4.78 is 0. The first-order valence-electron chi connectivity index (χ1n) is 6.96. The number of hydrogen-bond acceptors (Lipinski definition) is 1. The van der Waals surface area contributed by atoms with Gasteiger partial charge in [0.2, 0.25) is 0 Å². The molecule has 0 aromatic heterocycles. The van der Waals surface area contributed by atoms with Crippen molar-refractivity contribution in [2.24, 2.45) is 0 Å². The second-order valence-electron chi connectivity index (χ2n) is 5.13. The van der Waals surface area contributed by atoms with Crippen LogP contribution in [0.5, 0.6) is 0 Å². The Morgan fingerprint density at radius 3 is 2.12 bits per heavy atom. The maximum Gasteiger partial charge on any atom is 0.136 e. The second kappa shape index (κ2) is 8.55. The highest BCUT2D eigenvalue weighted by Crippen LogP contribution is 2.14. The normalized spacial score (nSPS) is 25.6. The molecule has 0 amide bonds. The van der Waals surface area contributed by atoms with Gasteiger partial charge in [0.15, 0.2) is 0 Å². The molecule has 1 rings (SSSR count).